The van der Waals surface area contributed by atoms with Gasteiger partial charge in [0, 0.05) is 13.1 Å². The minimum atomic E-state index is -6.72. The van der Waals surface area contributed by atoms with Crippen molar-refractivity contribution in [1.82, 2.24) is 4.31 Å². The maximum atomic E-state index is 14.1. The van der Waals surface area contributed by atoms with Crippen molar-refractivity contribution < 1.29 is 62.6 Å². The summed E-state index contributed by atoms with van der Waals surface area (Å²) in [5, 5.41) is -12.7. The van der Waals surface area contributed by atoms with Gasteiger partial charge in [-0.05, 0) is 44.9 Å². The summed E-state index contributed by atoms with van der Waals surface area (Å²) >= 11 is -4.80. The fraction of sp³-hybridized carbons (Fsp3) is 0.889. The molecule has 204 valence electrons. The predicted octanol–water partition coefficient (Wildman–Crippen LogP) is 2.88. The fourth-order valence-electron chi connectivity index (χ4n) is 4.00. The molecular weight excluding hydrogens is 536 g/mol. The second-order valence-corrected chi connectivity index (χ2v) is 11.4. The first kappa shape index (κ1) is 29.8. The highest BCUT2D eigenvalue weighted by Gasteiger charge is 2.80. The molecule has 0 aromatic heterocycles. The highest BCUT2D eigenvalue weighted by atomic mass is 32.2. The lowest BCUT2D eigenvalue weighted by Gasteiger charge is -2.36. The van der Waals surface area contributed by atoms with Gasteiger partial charge in [0.15, 0.2) is 6.61 Å². The van der Waals surface area contributed by atoms with E-state index in [9.17, 15) is 48.6 Å². The summed E-state index contributed by atoms with van der Waals surface area (Å²) in [6.07, 6.45) is 2.68. The third-order valence-electron chi connectivity index (χ3n) is 6.22. The number of alkyl halides is 6. The van der Waals surface area contributed by atoms with Gasteiger partial charge in [-0.15, -0.1) is 0 Å². The van der Waals surface area contributed by atoms with E-state index in [-0.39, 0.29) is 4.31 Å². The molecule has 0 aromatic carbocycles. The van der Waals surface area contributed by atoms with Gasteiger partial charge in [0.1, 0.15) is 5.60 Å². The maximum absolute atomic E-state index is 14.1. The number of hydrogen-bond acceptors (Lipinski definition) is 7. The van der Waals surface area contributed by atoms with Crippen LogP contribution in [0.1, 0.15) is 51.9 Å². The molecule has 0 radical (unpaired) electrons. The van der Waals surface area contributed by atoms with Crippen LogP contribution in [0.2, 0.25) is 0 Å². The molecule has 1 saturated heterocycles. The van der Waals surface area contributed by atoms with Crippen LogP contribution in [0.15, 0.2) is 0 Å². The molecule has 1 atom stereocenters. The van der Waals surface area contributed by atoms with Gasteiger partial charge in [0.05, 0.1) is 5.92 Å². The minimum absolute atomic E-state index is 0.208. The predicted molar refractivity (Wildman–Crippen MR) is 107 cm³/mol. The molecular formula is C18H25F6NO8S2. The largest absolute Gasteiger partial charge is 0.457 e. The van der Waals surface area contributed by atoms with Crippen molar-refractivity contribution in [2.24, 2.45) is 5.92 Å². The molecule has 0 spiro atoms. The Hall–Kier alpha value is -1.46. The van der Waals surface area contributed by atoms with Crippen LogP contribution >= 0.6 is 0 Å². The zero-order chi connectivity index (χ0) is 26.9. The normalized spacial score (nSPS) is 21.5. The monoisotopic (exact) mass is 561 g/mol. The highest BCUT2D eigenvalue weighted by Crippen LogP contribution is 2.50. The average molecular weight is 562 g/mol. The maximum Gasteiger partial charge on any atom is 0.428 e. The van der Waals surface area contributed by atoms with Crippen molar-refractivity contribution in [3.05, 3.63) is 0 Å². The van der Waals surface area contributed by atoms with Crippen LogP contribution in [-0.4, -0.2) is 75.2 Å². The lowest BCUT2D eigenvalue weighted by atomic mass is 9.98. The second-order valence-electron chi connectivity index (χ2n) is 8.36. The molecule has 2 fully saturated rings. The van der Waals surface area contributed by atoms with E-state index in [4.69, 9.17) is 14.0 Å². The molecule has 1 aliphatic heterocycles. The third-order valence-corrected chi connectivity index (χ3v) is 8.87. The summed E-state index contributed by atoms with van der Waals surface area (Å²) in [4.78, 5) is 24.2. The zero-order valence-corrected chi connectivity index (χ0v) is 20.1. The number of halogens is 6. The van der Waals surface area contributed by atoms with Crippen LogP contribution in [-0.2, 0) is 40.2 Å². The van der Waals surface area contributed by atoms with E-state index >= 15 is 0 Å². The summed E-state index contributed by atoms with van der Waals surface area (Å²) in [7, 11) is -6.44. The Labute approximate surface area is 199 Å². The lowest BCUT2D eigenvalue weighted by Crippen LogP contribution is -2.62. The Kier molecular flexibility index (Phi) is 8.93. The van der Waals surface area contributed by atoms with Crippen molar-refractivity contribution in [2.45, 2.75) is 73.9 Å². The number of piperidine rings is 1. The number of rotatable bonds is 10. The van der Waals surface area contributed by atoms with Crippen LogP contribution in [0, 0.1) is 5.92 Å². The second kappa shape index (κ2) is 10.5. The van der Waals surface area contributed by atoms with Crippen molar-refractivity contribution in [2.75, 3.05) is 19.7 Å². The molecule has 2 rings (SSSR count). The number of carbonyl (C=O) groups is 2. The molecule has 0 amide bonds. The zero-order valence-electron chi connectivity index (χ0n) is 18.5. The van der Waals surface area contributed by atoms with Gasteiger partial charge in [-0.1, -0.05) is 6.92 Å². The van der Waals surface area contributed by atoms with Crippen molar-refractivity contribution in [1.29, 1.82) is 0 Å². The van der Waals surface area contributed by atoms with E-state index in [1.807, 2.05) is 6.92 Å². The van der Waals surface area contributed by atoms with Crippen LogP contribution in [0.25, 0.3) is 0 Å². The number of sulfonamides is 1. The summed E-state index contributed by atoms with van der Waals surface area (Å²) < 4.78 is 135. The number of esters is 2. The third kappa shape index (κ3) is 5.61. The van der Waals surface area contributed by atoms with Gasteiger partial charge in [-0.25, -0.2) is 17.4 Å². The summed E-state index contributed by atoms with van der Waals surface area (Å²) in [5.74, 6) is -9.58. The standard InChI is InChI=1S/C18H25F6NO8S2/c1-2-15(7-3-4-8-15)33-13(26)11-32-14(27)12-5-9-25(10-6-12)35(30,31)18(23,24)16(19,20)17(21,22)34(28)29/h12H,2-11H2,1H3,(H,28,29). The van der Waals surface area contributed by atoms with Gasteiger partial charge in [-0.3, -0.25) is 4.79 Å². The Morgan fingerprint density at radius 3 is 2.06 bits per heavy atom. The molecule has 0 aromatic rings. The SMILES string of the molecule is CCC1(OC(=O)COC(=O)C2CCN(S(=O)(=O)C(F)(F)C(F)(F)C(F)(F)S(=O)O)CC2)CCCC1. The Balaban J connectivity index is 1.97. The highest BCUT2D eigenvalue weighted by molar-refractivity contribution is 7.90. The summed E-state index contributed by atoms with van der Waals surface area (Å²) in [6, 6.07) is 0. The molecule has 35 heavy (non-hydrogen) atoms. The van der Waals surface area contributed by atoms with Gasteiger partial charge >= 0.3 is 28.4 Å². The lowest BCUT2D eigenvalue weighted by molar-refractivity contribution is -0.245. The van der Waals surface area contributed by atoms with Crippen molar-refractivity contribution in [3.8, 4) is 0 Å². The smallest absolute Gasteiger partial charge is 0.428 e. The Bertz CT molecular complexity index is 931. The van der Waals surface area contributed by atoms with E-state index in [2.05, 4.69) is 0 Å². The fourth-order valence-corrected chi connectivity index (χ4v) is 5.88. The minimum Gasteiger partial charge on any atom is -0.457 e. The molecule has 1 heterocycles. The molecule has 2 aliphatic rings. The van der Waals surface area contributed by atoms with E-state index in [1.165, 1.54) is 0 Å². The molecule has 1 unspecified atom stereocenters. The number of ether oxygens (including phenoxy) is 2. The first-order chi connectivity index (χ1) is 15.9. The molecule has 17 heteroatoms. The van der Waals surface area contributed by atoms with Crippen LogP contribution in [0.3, 0.4) is 0 Å². The van der Waals surface area contributed by atoms with E-state index in [0.717, 1.165) is 12.8 Å². The molecule has 0 bridgehead atoms. The molecule has 9 nitrogen and oxygen atoms in total. The number of hydrogen-bond donors (Lipinski definition) is 1. The van der Waals surface area contributed by atoms with Gasteiger partial charge in [0.25, 0.3) is 10.0 Å². The van der Waals surface area contributed by atoms with E-state index in [0.29, 0.717) is 19.3 Å². The van der Waals surface area contributed by atoms with Crippen molar-refractivity contribution >= 4 is 33.0 Å². The molecule has 1 N–H and O–H groups in total. The van der Waals surface area contributed by atoms with Crippen LogP contribution in [0.4, 0.5) is 26.3 Å². The van der Waals surface area contributed by atoms with Gasteiger partial charge < -0.3 is 14.0 Å². The Morgan fingerprint density at radius 2 is 1.60 bits per heavy atom. The molecule has 1 aliphatic carbocycles. The number of nitrogens with zero attached hydrogens (tertiary/aromatic N) is 1. The summed E-state index contributed by atoms with van der Waals surface area (Å²) in [6.45, 7) is -0.747. The molecule has 1 saturated carbocycles. The van der Waals surface area contributed by atoms with Gasteiger partial charge in [0.2, 0.25) is 11.1 Å². The quantitative estimate of drug-likeness (QED) is 0.245. The van der Waals surface area contributed by atoms with Crippen LogP contribution < -0.4 is 0 Å². The number of carbonyl (C=O) groups excluding carboxylic acids is 2. The first-order valence-corrected chi connectivity index (χ1v) is 13.1. The van der Waals surface area contributed by atoms with Gasteiger partial charge in [-0.2, -0.15) is 30.6 Å². The van der Waals surface area contributed by atoms with Crippen LogP contribution in [0.5, 0.6) is 0 Å². The van der Waals surface area contributed by atoms with Crippen molar-refractivity contribution in [3.63, 3.8) is 0 Å². The Morgan fingerprint density at radius 1 is 1.09 bits per heavy atom. The summed E-state index contributed by atoms with van der Waals surface area (Å²) in [5.41, 5.74) is -0.629. The average Bonchev–Trinajstić information content (AvgIpc) is 3.25. The first-order valence-electron chi connectivity index (χ1n) is 10.6. The van der Waals surface area contributed by atoms with E-state index < -0.39 is 93.5 Å². The van der Waals surface area contributed by atoms with E-state index in [1.54, 1.807) is 0 Å². The topological polar surface area (TPSA) is 127 Å².